The number of carbonyl (C=O) groups excluding carboxylic acids is 1. The van der Waals surface area contributed by atoms with Gasteiger partial charge in [-0.1, -0.05) is 36.2 Å². The zero-order chi connectivity index (χ0) is 19.3. The van der Waals surface area contributed by atoms with Crippen molar-refractivity contribution in [3.63, 3.8) is 0 Å². The Hall–Kier alpha value is -2.22. The molecule has 0 atom stereocenters. The van der Waals surface area contributed by atoms with Crippen molar-refractivity contribution in [3.8, 4) is 0 Å². The van der Waals surface area contributed by atoms with E-state index < -0.39 is 15.9 Å². The molecule has 1 N–H and O–H groups in total. The summed E-state index contributed by atoms with van der Waals surface area (Å²) >= 11 is 5.82. The van der Waals surface area contributed by atoms with Crippen LogP contribution in [0.25, 0.3) is 0 Å². The molecule has 1 aliphatic heterocycles. The summed E-state index contributed by atoms with van der Waals surface area (Å²) in [5, 5.41) is 4.52. The minimum Gasteiger partial charge on any atom is -0.267 e. The second kappa shape index (κ2) is 8.65. The maximum Gasteiger partial charge on any atom is 0.271 e. The lowest BCUT2D eigenvalue weighted by Crippen LogP contribution is -2.35. The second-order valence-electron chi connectivity index (χ2n) is 6.24. The first-order valence-corrected chi connectivity index (χ1v) is 10.5. The molecule has 1 saturated heterocycles. The van der Waals surface area contributed by atoms with Crippen LogP contribution in [0.15, 0.2) is 58.5 Å². The summed E-state index contributed by atoms with van der Waals surface area (Å²) in [5.41, 5.74) is 3.43. The molecule has 27 heavy (non-hydrogen) atoms. The van der Waals surface area contributed by atoms with Gasteiger partial charge in [0.25, 0.3) is 5.91 Å². The molecule has 0 aliphatic carbocycles. The molecule has 142 valence electrons. The van der Waals surface area contributed by atoms with Crippen LogP contribution < -0.4 is 5.43 Å². The Bertz CT molecular complexity index is 937. The Labute approximate surface area is 163 Å². The van der Waals surface area contributed by atoms with Gasteiger partial charge in [0, 0.05) is 23.7 Å². The molecule has 1 heterocycles. The van der Waals surface area contributed by atoms with Gasteiger partial charge in [-0.3, -0.25) is 4.79 Å². The molecular formula is C19H20ClN3O3S. The van der Waals surface area contributed by atoms with Gasteiger partial charge in [0.15, 0.2) is 0 Å². The predicted molar refractivity (Wildman–Crippen MR) is 106 cm³/mol. The molecule has 0 saturated carbocycles. The number of hydrogen-bond acceptors (Lipinski definition) is 4. The Morgan fingerprint density at radius 1 is 1.07 bits per heavy atom. The van der Waals surface area contributed by atoms with Crippen LogP contribution in [0, 0.1) is 0 Å². The normalized spacial score (nSPS) is 15.7. The third-order valence-corrected chi connectivity index (χ3v) is 6.45. The first-order chi connectivity index (χ1) is 13.0. The SMILES string of the molecule is O=C(N/N=C\c1ccc(Cl)cc1)c1cccc(S(=O)(=O)N2CCCCC2)c1. The quantitative estimate of drug-likeness (QED) is 0.612. The number of halogens is 1. The third kappa shape index (κ3) is 4.94. The summed E-state index contributed by atoms with van der Waals surface area (Å²) in [6.45, 7) is 1.04. The van der Waals surface area contributed by atoms with Gasteiger partial charge in [-0.15, -0.1) is 0 Å². The Balaban J connectivity index is 1.70. The van der Waals surface area contributed by atoms with Crippen LogP contribution in [0.5, 0.6) is 0 Å². The summed E-state index contributed by atoms with van der Waals surface area (Å²) in [4.78, 5) is 12.4. The first kappa shape index (κ1) is 19.5. The number of nitrogens with zero attached hydrogens (tertiary/aromatic N) is 2. The number of nitrogens with one attached hydrogen (secondary N) is 1. The van der Waals surface area contributed by atoms with Crippen molar-refractivity contribution in [3.05, 3.63) is 64.7 Å². The standard InChI is InChI=1S/C19H20ClN3O3S/c20-17-9-7-15(8-10-17)14-21-22-19(24)16-5-4-6-18(13-16)27(25,26)23-11-2-1-3-12-23/h4-10,13-14H,1-3,11-12H2,(H,22,24)/b21-14-. The van der Waals surface area contributed by atoms with Crippen molar-refractivity contribution in [2.45, 2.75) is 24.2 Å². The summed E-state index contributed by atoms with van der Waals surface area (Å²) in [7, 11) is -3.58. The molecule has 2 aromatic carbocycles. The summed E-state index contributed by atoms with van der Waals surface area (Å²) in [6.07, 6.45) is 4.25. The fourth-order valence-electron chi connectivity index (χ4n) is 2.83. The van der Waals surface area contributed by atoms with Gasteiger partial charge in [0.1, 0.15) is 0 Å². The van der Waals surface area contributed by atoms with E-state index in [0.29, 0.717) is 18.1 Å². The van der Waals surface area contributed by atoms with Gasteiger partial charge in [0.05, 0.1) is 11.1 Å². The van der Waals surface area contributed by atoms with E-state index in [1.165, 1.54) is 22.7 Å². The minimum atomic E-state index is -3.58. The number of carbonyl (C=O) groups is 1. The Morgan fingerprint density at radius 2 is 1.78 bits per heavy atom. The molecule has 0 unspecified atom stereocenters. The maximum absolute atomic E-state index is 12.7. The molecule has 0 radical (unpaired) electrons. The fourth-order valence-corrected chi connectivity index (χ4v) is 4.52. The van der Waals surface area contributed by atoms with Crippen LogP contribution in [-0.2, 0) is 10.0 Å². The Kier molecular flexibility index (Phi) is 6.26. The van der Waals surface area contributed by atoms with Crippen LogP contribution in [0.2, 0.25) is 5.02 Å². The van der Waals surface area contributed by atoms with Crippen LogP contribution in [0.3, 0.4) is 0 Å². The molecular weight excluding hydrogens is 386 g/mol. The van der Waals surface area contributed by atoms with Crippen molar-refractivity contribution in [1.29, 1.82) is 0 Å². The predicted octanol–water partition coefficient (Wildman–Crippen LogP) is 3.28. The van der Waals surface area contributed by atoms with Crippen molar-refractivity contribution < 1.29 is 13.2 Å². The van der Waals surface area contributed by atoms with Gasteiger partial charge >= 0.3 is 0 Å². The average molecular weight is 406 g/mol. The van der Waals surface area contributed by atoms with Gasteiger partial charge in [0.2, 0.25) is 10.0 Å². The molecule has 1 amide bonds. The van der Waals surface area contributed by atoms with Crippen LogP contribution in [0.4, 0.5) is 0 Å². The van der Waals surface area contributed by atoms with Crippen molar-refractivity contribution >= 4 is 33.7 Å². The first-order valence-electron chi connectivity index (χ1n) is 8.66. The van der Waals surface area contributed by atoms with E-state index in [-0.39, 0.29) is 10.5 Å². The molecule has 0 spiro atoms. The Morgan fingerprint density at radius 3 is 2.48 bits per heavy atom. The number of hydrazone groups is 1. The lowest BCUT2D eigenvalue weighted by atomic mass is 10.2. The molecule has 3 rings (SSSR count). The van der Waals surface area contributed by atoms with Crippen molar-refractivity contribution in [1.82, 2.24) is 9.73 Å². The van der Waals surface area contributed by atoms with E-state index in [1.54, 1.807) is 36.4 Å². The molecule has 8 heteroatoms. The van der Waals surface area contributed by atoms with E-state index in [9.17, 15) is 13.2 Å². The number of hydrogen-bond donors (Lipinski definition) is 1. The zero-order valence-electron chi connectivity index (χ0n) is 14.6. The highest BCUT2D eigenvalue weighted by Gasteiger charge is 2.26. The number of rotatable bonds is 5. The van der Waals surface area contributed by atoms with Crippen LogP contribution >= 0.6 is 11.6 Å². The van der Waals surface area contributed by atoms with Gasteiger partial charge < -0.3 is 0 Å². The lowest BCUT2D eigenvalue weighted by Gasteiger charge is -2.25. The van der Waals surface area contributed by atoms with Gasteiger partial charge in [-0.05, 0) is 48.7 Å². The molecule has 2 aromatic rings. The van der Waals surface area contributed by atoms with E-state index in [0.717, 1.165) is 24.8 Å². The highest BCUT2D eigenvalue weighted by atomic mass is 35.5. The molecule has 1 fully saturated rings. The number of piperidine rings is 1. The lowest BCUT2D eigenvalue weighted by molar-refractivity contribution is 0.0955. The monoisotopic (exact) mass is 405 g/mol. The minimum absolute atomic E-state index is 0.124. The molecule has 6 nitrogen and oxygen atoms in total. The topological polar surface area (TPSA) is 78.8 Å². The summed E-state index contributed by atoms with van der Waals surface area (Å²) in [6, 6.07) is 13.0. The number of benzene rings is 2. The molecule has 1 aliphatic rings. The van der Waals surface area contributed by atoms with Gasteiger partial charge in [-0.25, -0.2) is 13.8 Å². The molecule has 0 bridgehead atoms. The highest BCUT2D eigenvalue weighted by molar-refractivity contribution is 7.89. The van der Waals surface area contributed by atoms with E-state index in [2.05, 4.69) is 10.5 Å². The summed E-state index contributed by atoms with van der Waals surface area (Å²) < 4.78 is 27.0. The smallest absolute Gasteiger partial charge is 0.267 e. The fraction of sp³-hybridized carbons (Fsp3) is 0.263. The van der Waals surface area contributed by atoms with Gasteiger partial charge in [-0.2, -0.15) is 9.41 Å². The summed E-state index contributed by atoms with van der Waals surface area (Å²) in [5.74, 6) is -0.476. The maximum atomic E-state index is 12.7. The third-order valence-electron chi connectivity index (χ3n) is 4.30. The van der Waals surface area contributed by atoms with Crippen molar-refractivity contribution in [2.75, 3.05) is 13.1 Å². The average Bonchev–Trinajstić information content (AvgIpc) is 2.70. The van der Waals surface area contributed by atoms with E-state index in [4.69, 9.17) is 11.6 Å². The number of amides is 1. The highest BCUT2D eigenvalue weighted by Crippen LogP contribution is 2.21. The molecule has 0 aromatic heterocycles. The zero-order valence-corrected chi connectivity index (χ0v) is 16.2. The number of sulfonamides is 1. The second-order valence-corrected chi connectivity index (χ2v) is 8.62. The van der Waals surface area contributed by atoms with E-state index >= 15 is 0 Å². The van der Waals surface area contributed by atoms with Crippen molar-refractivity contribution in [2.24, 2.45) is 5.10 Å². The largest absolute Gasteiger partial charge is 0.271 e. The van der Waals surface area contributed by atoms with Crippen LogP contribution in [0.1, 0.15) is 35.2 Å². The van der Waals surface area contributed by atoms with Crippen LogP contribution in [-0.4, -0.2) is 37.9 Å². The van der Waals surface area contributed by atoms with E-state index in [1.807, 2.05) is 0 Å².